The van der Waals surface area contributed by atoms with E-state index in [-0.39, 0.29) is 0 Å². The molecule has 0 atom stereocenters. The molecule has 3 nitrogen and oxygen atoms in total. The van der Waals surface area contributed by atoms with Crippen molar-refractivity contribution >= 4 is 31.9 Å². The summed E-state index contributed by atoms with van der Waals surface area (Å²) in [5.74, 6) is 0.808. The molecule has 0 bridgehead atoms. The van der Waals surface area contributed by atoms with Gasteiger partial charge in [0.2, 0.25) is 0 Å². The molecule has 108 valence electrons. The van der Waals surface area contributed by atoms with E-state index in [0.29, 0.717) is 6.54 Å². The third-order valence-electron chi connectivity index (χ3n) is 3.54. The first kappa shape index (κ1) is 17.0. The Morgan fingerprint density at radius 1 is 1.21 bits per heavy atom. The number of aliphatic hydroxyl groups is 1. The first-order chi connectivity index (χ1) is 8.58. The van der Waals surface area contributed by atoms with Gasteiger partial charge in [0.1, 0.15) is 5.75 Å². The Bertz CT molecular complexity index is 453. The summed E-state index contributed by atoms with van der Waals surface area (Å²) in [6, 6.07) is 3.96. The molecule has 0 amide bonds. The van der Waals surface area contributed by atoms with E-state index in [9.17, 15) is 5.11 Å². The summed E-state index contributed by atoms with van der Waals surface area (Å²) in [5.41, 5.74) is -0.197. The fraction of sp³-hybridized carbons (Fsp3) is 0.571. The third-order valence-corrected chi connectivity index (χ3v) is 4.59. The van der Waals surface area contributed by atoms with Crippen molar-refractivity contribution in [3.63, 3.8) is 0 Å². The fourth-order valence-electron chi connectivity index (χ4n) is 1.51. The van der Waals surface area contributed by atoms with Crippen LogP contribution in [-0.4, -0.2) is 23.4 Å². The van der Waals surface area contributed by atoms with Crippen LogP contribution in [0.25, 0.3) is 0 Å². The van der Waals surface area contributed by atoms with E-state index >= 15 is 0 Å². The van der Waals surface area contributed by atoms with Crippen LogP contribution >= 0.6 is 31.9 Å². The predicted octanol–water partition coefficient (Wildman–Crippen LogP) is 3.86. The highest BCUT2D eigenvalue weighted by Crippen LogP contribution is 2.33. The molecule has 1 aromatic rings. The van der Waals surface area contributed by atoms with Gasteiger partial charge in [0.15, 0.2) is 0 Å². The van der Waals surface area contributed by atoms with E-state index < -0.39 is 11.1 Å². The molecule has 0 saturated heterocycles. The lowest BCUT2D eigenvalue weighted by molar-refractivity contribution is -0.00539. The minimum Gasteiger partial charge on any atom is -0.495 e. The fourth-order valence-corrected chi connectivity index (χ4v) is 2.98. The molecule has 1 rings (SSSR count). The lowest BCUT2D eigenvalue weighted by Gasteiger charge is -2.38. The maximum absolute atomic E-state index is 10.1. The summed E-state index contributed by atoms with van der Waals surface area (Å²) in [4.78, 5) is 0. The molecule has 0 aliphatic carbocycles. The van der Waals surface area contributed by atoms with Gasteiger partial charge in [0.25, 0.3) is 0 Å². The second-order valence-corrected chi connectivity index (χ2v) is 7.39. The number of ether oxygens (including phenoxy) is 1. The van der Waals surface area contributed by atoms with Crippen LogP contribution in [0.2, 0.25) is 0 Å². The topological polar surface area (TPSA) is 41.5 Å². The van der Waals surface area contributed by atoms with Crippen molar-refractivity contribution in [2.75, 3.05) is 7.11 Å². The molecule has 0 aliphatic rings. The van der Waals surface area contributed by atoms with Crippen molar-refractivity contribution in [3.8, 4) is 5.75 Å². The molecule has 19 heavy (non-hydrogen) atoms. The zero-order valence-electron chi connectivity index (χ0n) is 12.0. The number of benzene rings is 1. The zero-order chi connectivity index (χ0) is 14.8. The highest BCUT2D eigenvalue weighted by atomic mass is 79.9. The van der Waals surface area contributed by atoms with Crippen LogP contribution in [0.15, 0.2) is 21.1 Å². The number of nitrogens with one attached hydrogen (secondary N) is 1. The van der Waals surface area contributed by atoms with Crippen molar-refractivity contribution in [1.82, 2.24) is 5.32 Å². The molecule has 2 N–H and O–H groups in total. The Morgan fingerprint density at radius 3 is 2.26 bits per heavy atom. The summed E-state index contributed by atoms with van der Waals surface area (Å²) in [6.45, 7) is 8.17. The maximum atomic E-state index is 10.1. The maximum Gasteiger partial charge on any atom is 0.137 e. The second-order valence-electron chi connectivity index (χ2n) is 5.62. The summed E-state index contributed by atoms with van der Waals surface area (Å²) >= 11 is 6.96. The monoisotopic (exact) mass is 393 g/mol. The van der Waals surface area contributed by atoms with Crippen molar-refractivity contribution in [3.05, 3.63) is 26.6 Å². The van der Waals surface area contributed by atoms with Crippen molar-refractivity contribution in [2.24, 2.45) is 0 Å². The van der Waals surface area contributed by atoms with Crippen molar-refractivity contribution < 1.29 is 9.84 Å². The Hall–Kier alpha value is -0.100. The largest absolute Gasteiger partial charge is 0.495 e. The van der Waals surface area contributed by atoms with Crippen molar-refractivity contribution in [2.45, 2.75) is 45.4 Å². The normalized spacial score (nSPS) is 12.6. The predicted molar refractivity (Wildman–Crippen MR) is 85.6 cm³/mol. The van der Waals surface area contributed by atoms with Gasteiger partial charge in [-0.15, -0.1) is 0 Å². The molecule has 0 aliphatic heterocycles. The second kappa shape index (κ2) is 6.12. The SMILES string of the molecule is COc1c(Br)cc(Br)cc1CNC(C)(C)C(C)(C)O. The van der Waals surface area contributed by atoms with Crippen LogP contribution in [0.4, 0.5) is 0 Å². The number of halogens is 2. The Morgan fingerprint density at radius 2 is 1.79 bits per heavy atom. The zero-order valence-corrected chi connectivity index (χ0v) is 15.1. The average Bonchev–Trinajstić information content (AvgIpc) is 2.24. The van der Waals surface area contributed by atoms with Gasteiger partial charge >= 0.3 is 0 Å². The third kappa shape index (κ3) is 4.18. The van der Waals surface area contributed by atoms with Gasteiger partial charge in [-0.05, 0) is 55.8 Å². The molecule has 5 heteroatoms. The average molecular weight is 395 g/mol. The van der Waals surface area contributed by atoms with E-state index in [4.69, 9.17) is 4.74 Å². The highest BCUT2D eigenvalue weighted by Gasteiger charge is 2.34. The molecule has 0 aromatic heterocycles. The van der Waals surface area contributed by atoms with E-state index in [1.165, 1.54) is 0 Å². The molecular formula is C14H21Br2NO2. The molecule has 0 spiro atoms. The van der Waals surface area contributed by atoms with Gasteiger partial charge in [0.05, 0.1) is 17.2 Å². The molecule has 0 saturated carbocycles. The van der Waals surface area contributed by atoms with Crippen LogP contribution in [-0.2, 0) is 6.54 Å². The standard InChI is InChI=1S/C14H21Br2NO2/c1-13(2,14(3,4)18)17-8-9-6-10(15)7-11(16)12(9)19-5/h6-7,17-18H,8H2,1-5H3. The first-order valence-corrected chi connectivity index (χ1v) is 7.66. The number of methoxy groups -OCH3 is 1. The van der Waals surface area contributed by atoms with Gasteiger partial charge < -0.3 is 15.2 Å². The molecule has 0 radical (unpaired) electrons. The quantitative estimate of drug-likeness (QED) is 0.796. The molecular weight excluding hydrogens is 374 g/mol. The summed E-state index contributed by atoms with van der Waals surface area (Å²) in [5, 5.41) is 13.5. The Labute approximate surface area is 132 Å². The number of hydrogen-bond donors (Lipinski definition) is 2. The molecule has 1 aromatic carbocycles. The van der Waals surface area contributed by atoms with Crippen LogP contribution in [0, 0.1) is 0 Å². The Kier molecular flexibility index (Phi) is 5.46. The van der Waals surface area contributed by atoms with Gasteiger partial charge in [-0.2, -0.15) is 0 Å². The summed E-state index contributed by atoms with van der Waals surface area (Å²) in [7, 11) is 1.65. The summed E-state index contributed by atoms with van der Waals surface area (Å²) in [6.07, 6.45) is 0. The highest BCUT2D eigenvalue weighted by molar-refractivity contribution is 9.11. The van der Waals surface area contributed by atoms with E-state index in [2.05, 4.69) is 37.2 Å². The smallest absolute Gasteiger partial charge is 0.137 e. The summed E-state index contributed by atoms with van der Waals surface area (Å²) < 4.78 is 7.30. The minimum atomic E-state index is -0.816. The van der Waals surface area contributed by atoms with Crippen molar-refractivity contribution in [1.29, 1.82) is 0 Å². The van der Waals surface area contributed by atoms with Crippen LogP contribution in [0.5, 0.6) is 5.75 Å². The lowest BCUT2D eigenvalue weighted by Crippen LogP contribution is -2.55. The van der Waals surface area contributed by atoms with Crippen LogP contribution in [0.3, 0.4) is 0 Å². The lowest BCUT2D eigenvalue weighted by atomic mass is 9.86. The van der Waals surface area contributed by atoms with Gasteiger partial charge in [-0.25, -0.2) is 0 Å². The number of rotatable bonds is 5. The molecule has 0 unspecified atom stereocenters. The van der Waals surface area contributed by atoms with Gasteiger partial charge in [0, 0.05) is 22.1 Å². The van der Waals surface area contributed by atoms with E-state index in [0.717, 1.165) is 20.3 Å². The molecule has 0 fully saturated rings. The van der Waals surface area contributed by atoms with Gasteiger partial charge in [-0.3, -0.25) is 0 Å². The number of hydrogen-bond acceptors (Lipinski definition) is 3. The Balaban J connectivity index is 2.95. The minimum absolute atomic E-state index is 0.410. The first-order valence-electron chi connectivity index (χ1n) is 6.08. The van der Waals surface area contributed by atoms with Crippen LogP contribution < -0.4 is 10.1 Å². The van der Waals surface area contributed by atoms with Gasteiger partial charge in [-0.1, -0.05) is 15.9 Å². The van der Waals surface area contributed by atoms with Crippen LogP contribution in [0.1, 0.15) is 33.3 Å². The molecule has 0 heterocycles. The van der Waals surface area contributed by atoms with E-state index in [1.807, 2.05) is 26.0 Å². The van der Waals surface area contributed by atoms with E-state index in [1.54, 1.807) is 21.0 Å².